The summed E-state index contributed by atoms with van der Waals surface area (Å²) in [4.78, 5) is 4.98. The summed E-state index contributed by atoms with van der Waals surface area (Å²) in [6.07, 6.45) is 1.28. The molecule has 1 fully saturated rings. The number of nitrogens with one attached hydrogen (secondary N) is 1. The largest absolute Gasteiger partial charge is 0.315 e. The summed E-state index contributed by atoms with van der Waals surface area (Å²) in [5.74, 6) is 0. The molecule has 1 aliphatic rings. The molecule has 0 spiro atoms. The van der Waals surface area contributed by atoms with Crippen molar-refractivity contribution in [3.63, 3.8) is 0 Å². The fraction of sp³-hybridized carbons (Fsp3) is 0.625. The maximum Gasteiger partial charge on any atom is 0.0473 e. The van der Waals surface area contributed by atoms with Gasteiger partial charge in [0.1, 0.15) is 0 Å². The highest BCUT2D eigenvalue weighted by atomic mass is 15.3. The van der Waals surface area contributed by atoms with E-state index >= 15 is 0 Å². The average molecular weight is 261 g/mol. The fourth-order valence-electron chi connectivity index (χ4n) is 2.89. The second kappa shape index (κ2) is 7.04. The van der Waals surface area contributed by atoms with Crippen molar-refractivity contribution in [1.82, 2.24) is 15.1 Å². The van der Waals surface area contributed by atoms with E-state index in [9.17, 15) is 0 Å². The van der Waals surface area contributed by atoms with Gasteiger partial charge in [-0.2, -0.15) is 0 Å². The van der Waals surface area contributed by atoms with Gasteiger partial charge in [-0.15, -0.1) is 0 Å². The molecular weight excluding hydrogens is 234 g/mol. The van der Waals surface area contributed by atoms with Crippen molar-refractivity contribution in [2.45, 2.75) is 25.4 Å². The van der Waals surface area contributed by atoms with E-state index in [0.29, 0.717) is 12.1 Å². The van der Waals surface area contributed by atoms with Crippen molar-refractivity contribution < 1.29 is 0 Å². The minimum atomic E-state index is 0.506. The molecule has 2 rings (SSSR count). The zero-order chi connectivity index (χ0) is 13.7. The summed E-state index contributed by atoms with van der Waals surface area (Å²) < 4.78 is 0. The first-order valence-corrected chi connectivity index (χ1v) is 7.38. The predicted octanol–water partition coefficient (Wildman–Crippen LogP) is 1.97. The molecule has 106 valence electrons. The van der Waals surface area contributed by atoms with Crippen LogP contribution < -0.4 is 5.32 Å². The van der Waals surface area contributed by atoms with Gasteiger partial charge in [0.2, 0.25) is 0 Å². The van der Waals surface area contributed by atoms with Crippen LogP contribution in [0.4, 0.5) is 0 Å². The maximum atomic E-state index is 3.51. The smallest absolute Gasteiger partial charge is 0.0473 e. The predicted molar refractivity (Wildman–Crippen MR) is 81.4 cm³/mol. The van der Waals surface area contributed by atoms with Gasteiger partial charge >= 0.3 is 0 Å². The van der Waals surface area contributed by atoms with Gasteiger partial charge < -0.3 is 10.2 Å². The van der Waals surface area contributed by atoms with Crippen LogP contribution in [-0.4, -0.2) is 56.1 Å². The molecule has 19 heavy (non-hydrogen) atoms. The van der Waals surface area contributed by atoms with E-state index < -0.39 is 0 Å². The third kappa shape index (κ3) is 3.78. The summed E-state index contributed by atoms with van der Waals surface area (Å²) in [6.45, 7) is 6.63. The van der Waals surface area contributed by atoms with Gasteiger partial charge in [-0.3, -0.25) is 4.90 Å². The molecule has 1 aromatic carbocycles. The van der Waals surface area contributed by atoms with Crippen molar-refractivity contribution in [2.75, 3.05) is 40.3 Å². The number of likely N-dealkylation sites (tertiary alicyclic amines) is 1. The molecular formula is C16H27N3. The van der Waals surface area contributed by atoms with Gasteiger partial charge in [-0.1, -0.05) is 37.3 Å². The first-order valence-electron chi connectivity index (χ1n) is 7.38. The van der Waals surface area contributed by atoms with E-state index in [1.54, 1.807) is 0 Å². The number of hydrogen-bond acceptors (Lipinski definition) is 3. The molecule has 0 saturated carbocycles. The van der Waals surface area contributed by atoms with Crippen molar-refractivity contribution in [3.05, 3.63) is 35.9 Å². The number of hydrogen-bond donors (Lipinski definition) is 1. The summed E-state index contributed by atoms with van der Waals surface area (Å²) in [5.41, 5.74) is 1.43. The second-order valence-corrected chi connectivity index (χ2v) is 5.64. The van der Waals surface area contributed by atoms with Gasteiger partial charge in [0.05, 0.1) is 0 Å². The summed E-state index contributed by atoms with van der Waals surface area (Å²) in [6, 6.07) is 12.1. The van der Waals surface area contributed by atoms with Crippen molar-refractivity contribution in [3.8, 4) is 0 Å². The van der Waals surface area contributed by atoms with Crippen LogP contribution in [0.3, 0.4) is 0 Å². The molecule has 0 radical (unpaired) electrons. The summed E-state index contributed by atoms with van der Waals surface area (Å²) in [7, 11) is 4.38. The van der Waals surface area contributed by atoms with E-state index in [1.807, 2.05) is 0 Å². The van der Waals surface area contributed by atoms with Crippen LogP contribution in [-0.2, 0) is 0 Å². The van der Waals surface area contributed by atoms with Gasteiger partial charge in [-0.25, -0.2) is 0 Å². The molecule has 3 nitrogen and oxygen atoms in total. The molecule has 1 saturated heterocycles. The van der Waals surface area contributed by atoms with E-state index in [2.05, 4.69) is 66.5 Å². The minimum Gasteiger partial charge on any atom is -0.315 e. The standard InChI is InChI=1S/C16H27N3/c1-4-17-12-16(14-8-6-5-7-9-14)19-11-10-15(13-19)18(2)3/h5-9,15-17H,4,10-13H2,1-3H3. The van der Waals surface area contributed by atoms with Crippen molar-refractivity contribution in [1.29, 1.82) is 0 Å². The number of likely N-dealkylation sites (N-methyl/N-ethyl adjacent to an activating group) is 2. The van der Waals surface area contributed by atoms with Crippen LogP contribution >= 0.6 is 0 Å². The zero-order valence-electron chi connectivity index (χ0n) is 12.5. The Kier molecular flexibility index (Phi) is 5.37. The van der Waals surface area contributed by atoms with E-state index in [1.165, 1.54) is 25.1 Å². The van der Waals surface area contributed by atoms with Crippen LogP contribution in [0.5, 0.6) is 0 Å². The minimum absolute atomic E-state index is 0.506. The monoisotopic (exact) mass is 261 g/mol. The van der Waals surface area contributed by atoms with Crippen molar-refractivity contribution in [2.24, 2.45) is 0 Å². The Balaban J connectivity index is 2.06. The third-order valence-electron chi connectivity index (χ3n) is 4.14. The molecule has 3 heteroatoms. The maximum absolute atomic E-state index is 3.51. The Hall–Kier alpha value is -0.900. The van der Waals surface area contributed by atoms with Crippen LogP contribution in [0.15, 0.2) is 30.3 Å². The van der Waals surface area contributed by atoms with Crippen LogP contribution in [0.2, 0.25) is 0 Å². The molecule has 0 aromatic heterocycles. The molecule has 1 heterocycles. The lowest BCUT2D eigenvalue weighted by Gasteiger charge is -2.29. The van der Waals surface area contributed by atoms with Gasteiger partial charge in [-0.05, 0) is 32.6 Å². The lowest BCUT2D eigenvalue weighted by molar-refractivity contribution is 0.213. The number of nitrogens with zero attached hydrogens (tertiary/aromatic N) is 2. The molecule has 2 unspecified atom stereocenters. The molecule has 0 aliphatic carbocycles. The topological polar surface area (TPSA) is 18.5 Å². The van der Waals surface area contributed by atoms with Crippen molar-refractivity contribution >= 4 is 0 Å². The fourth-order valence-corrected chi connectivity index (χ4v) is 2.89. The molecule has 1 aromatic rings. The zero-order valence-corrected chi connectivity index (χ0v) is 12.5. The highest BCUT2D eigenvalue weighted by Crippen LogP contribution is 2.25. The summed E-state index contributed by atoms with van der Waals surface area (Å²) in [5, 5.41) is 3.51. The van der Waals surface area contributed by atoms with Gasteiger partial charge in [0, 0.05) is 31.7 Å². The first-order chi connectivity index (χ1) is 9.22. The summed E-state index contributed by atoms with van der Waals surface area (Å²) >= 11 is 0. The van der Waals surface area contributed by atoms with Crippen LogP contribution in [0, 0.1) is 0 Å². The first kappa shape index (κ1) is 14.5. The molecule has 1 aliphatic heterocycles. The Morgan fingerprint density at radius 2 is 2.05 bits per heavy atom. The highest BCUT2D eigenvalue weighted by molar-refractivity contribution is 5.20. The normalized spacial score (nSPS) is 22.0. The molecule has 0 bridgehead atoms. The average Bonchev–Trinajstić information content (AvgIpc) is 2.90. The quantitative estimate of drug-likeness (QED) is 0.844. The Bertz CT molecular complexity index is 364. The lowest BCUT2D eigenvalue weighted by Crippen LogP contribution is -2.37. The van der Waals surface area contributed by atoms with Crippen LogP contribution in [0.1, 0.15) is 24.9 Å². The molecule has 2 atom stereocenters. The highest BCUT2D eigenvalue weighted by Gasteiger charge is 2.29. The molecule has 1 N–H and O–H groups in total. The number of benzene rings is 1. The second-order valence-electron chi connectivity index (χ2n) is 5.64. The Morgan fingerprint density at radius 3 is 2.63 bits per heavy atom. The van der Waals surface area contributed by atoms with Crippen LogP contribution in [0.25, 0.3) is 0 Å². The third-order valence-corrected chi connectivity index (χ3v) is 4.14. The van der Waals surface area contributed by atoms with E-state index in [-0.39, 0.29) is 0 Å². The Labute approximate surface area is 117 Å². The Morgan fingerprint density at radius 1 is 1.32 bits per heavy atom. The molecule has 0 amide bonds. The number of rotatable bonds is 6. The van der Waals surface area contributed by atoms with E-state index in [4.69, 9.17) is 0 Å². The van der Waals surface area contributed by atoms with Gasteiger partial charge in [0.15, 0.2) is 0 Å². The SMILES string of the molecule is CCNCC(c1ccccc1)N1CCC(N(C)C)C1. The van der Waals surface area contributed by atoms with E-state index in [0.717, 1.165) is 13.1 Å². The van der Waals surface area contributed by atoms with Gasteiger partial charge in [0.25, 0.3) is 0 Å². The lowest BCUT2D eigenvalue weighted by atomic mass is 10.1.